The fourth-order valence-electron chi connectivity index (χ4n) is 3.74. The van der Waals surface area contributed by atoms with E-state index in [1.165, 1.54) is 18.5 Å². The number of hydrogen-bond donors (Lipinski definition) is 3. The maximum atomic E-state index is 6.08. The second kappa shape index (κ2) is 8.22. The number of rotatable bonds is 8. The normalized spacial score (nSPS) is 22.6. The van der Waals surface area contributed by atoms with E-state index in [9.17, 15) is 0 Å². The van der Waals surface area contributed by atoms with Gasteiger partial charge in [0.15, 0.2) is 5.82 Å². The van der Waals surface area contributed by atoms with Gasteiger partial charge in [-0.25, -0.2) is 4.98 Å². The van der Waals surface area contributed by atoms with Gasteiger partial charge < -0.3 is 20.7 Å². The van der Waals surface area contributed by atoms with E-state index < -0.39 is 0 Å². The van der Waals surface area contributed by atoms with E-state index in [2.05, 4.69) is 31.5 Å². The second-order valence-electron chi connectivity index (χ2n) is 7.60. The molecule has 8 nitrogen and oxygen atoms in total. The molecule has 0 radical (unpaired) electrons. The SMILES string of the molecule is COCCN(c1nccc(Nc2cc(C3CC3)[nH]n2)n1)C1CCC(N)CC1. The average molecular weight is 371 g/mol. The van der Waals surface area contributed by atoms with Crippen molar-refractivity contribution in [1.29, 1.82) is 0 Å². The van der Waals surface area contributed by atoms with E-state index in [1.54, 1.807) is 13.3 Å². The minimum Gasteiger partial charge on any atom is -0.383 e. The molecule has 0 bridgehead atoms. The van der Waals surface area contributed by atoms with Crippen molar-refractivity contribution in [2.45, 2.75) is 56.5 Å². The van der Waals surface area contributed by atoms with Crippen molar-refractivity contribution in [1.82, 2.24) is 20.2 Å². The smallest absolute Gasteiger partial charge is 0.227 e. The van der Waals surface area contributed by atoms with Gasteiger partial charge in [-0.1, -0.05) is 0 Å². The monoisotopic (exact) mass is 371 g/mol. The Labute approximate surface area is 159 Å². The van der Waals surface area contributed by atoms with Crippen molar-refractivity contribution in [3.05, 3.63) is 24.0 Å². The summed E-state index contributed by atoms with van der Waals surface area (Å²) in [7, 11) is 1.73. The van der Waals surface area contributed by atoms with Crippen LogP contribution < -0.4 is 16.0 Å². The highest BCUT2D eigenvalue weighted by Crippen LogP contribution is 2.39. The third-order valence-electron chi connectivity index (χ3n) is 5.49. The summed E-state index contributed by atoms with van der Waals surface area (Å²) in [5.41, 5.74) is 7.28. The van der Waals surface area contributed by atoms with Gasteiger partial charge in [0.25, 0.3) is 0 Å². The predicted molar refractivity (Wildman–Crippen MR) is 105 cm³/mol. The fourth-order valence-corrected chi connectivity index (χ4v) is 3.74. The molecule has 27 heavy (non-hydrogen) atoms. The Morgan fingerprint density at radius 1 is 1.22 bits per heavy atom. The van der Waals surface area contributed by atoms with Crippen molar-refractivity contribution in [3.63, 3.8) is 0 Å². The molecule has 2 saturated carbocycles. The average Bonchev–Trinajstić information content (AvgIpc) is 3.43. The summed E-state index contributed by atoms with van der Waals surface area (Å²) in [5.74, 6) is 2.93. The lowest BCUT2D eigenvalue weighted by Crippen LogP contribution is -2.43. The molecule has 0 amide bonds. The Hall–Kier alpha value is -2.19. The number of nitrogens with two attached hydrogens (primary N) is 1. The van der Waals surface area contributed by atoms with E-state index >= 15 is 0 Å². The van der Waals surface area contributed by atoms with Crippen LogP contribution in [0.5, 0.6) is 0 Å². The molecule has 0 aromatic carbocycles. The van der Waals surface area contributed by atoms with Crippen LogP contribution in [0.3, 0.4) is 0 Å². The highest BCUT2D eigenvalue weighted by molar-refractivity contribution is 5.54. The lowest BCUT2D eigenvalue weighted by molar-refractivity contribution is 0.200. The van der Waals surface area contributed by atoms with E-state index in [-0.39, 0.29) is 0 Å². The molecule has 8 heteroatoms. The molecule has 2 aliphatic rings. The van der Waals surface area contributed by atoms with Crippen LogP contribution in [-0.4, -0.2) is 52.5 Å². The Morgan fingerprint density at radius 3 is 2.78 bits per heavy atom. The molecule has 146 valence electrons. The van der Waals surface area contributed by atoms with Gasteiger partial charge in [-0.15, -0.1) is 0 Å². The molecule has 4 rings (SSSR count). The van der Waals surface area contributed by atoms with Crippen LogP contribution in [0, 0.1) is 0 Å². The molecule has 2 aromatic rings. The minimum absolute atomic E-state index is 0.319. The van der Waals surface area contributed by atoms with E-state index in [0.29, 0.717) is 24.6 Å². The van der Waals surface area contributed by atoms with Crippen molar-refractivity contribution in [2.24, 2.45) is 5.73 Å². The third-order valence-corrected chi connectivity index (χ3v) is 5.49. The summed E-state index contributed by atoms with van der Waals surface area (Å²) in [6, 6.07) is 4.67. The number of H-pyrrole nitrogens is 1. The van der Waals surface area contributed by atoms with Crippen molar-refractivity contribution >= 4 is 17.6 Å². The Morgan fingerprint density at radius 2 is 2.04 bits per heavy atom. The summed E-state index contributed by atoms with van der Waals surface area (Å²) in [6.45, 7) is 1.42. The Balaban J connectivity index is 1.48. The maximum absolute atomic E-state index is 6.08. The molecule has 0 saturated heterocycles. The molecule has 0 spiro atoms. The zero-order chi connectivity index (χ0) is 18.6. The quantitative estimate of drug-likeness (QED) is 0.655. The fraction of sp³-hybridized carbons (Fsp3) is 0.632. The zero-order valence-corrected chi connectivity index (χ0v) is 15.9. The van der Waals surface area contributed by atoms with Gasteiger partial charge in [0.2, 0.25) is 5.95 Å². The molecular formula is C19H29N7O. The van der Waals surface area contributed by atoms with Crippen LogP contribution in [0.2, 0.25) is 0 Å². The molecule has 2 fully saturated rings. The molecule has 0 unspecified atom stereocenters. The van der Waals surface area contributed by atoms with Crippen molar-refractivity contribution in [2.75, 3.05) is 30.5 Å². The van der Waals surface area contributed by atoms with Crippen LogP contribution in [0.25, 0.3) is 0 Å². The number of hydrogen-bond acceptors (Lipinski definition) is 7. The van der Waals surface area contributed by atoms with Crippen LogP contribution in [0.15, 0.2) is 18.3 Å². The summed E-state index contributed by atoms with van der Waals surface area (Å²) < 4.78 is 5.31. The number of ether oxygens (including phenoxy) is 1. The van der Waals surface area contributed by atoms with Crippen LogP contribution in [0.1, 0.15) is 50.1 Å². The summed E-state index contributed by atoms with van der Waals surface area (Å²) >= 11 is 0. The molecule has 2 heterocycles. The molecule has 0 aliphatic heterocycles. The first-order valence-electron chi connectivity index (χ1n) is 9.89. The molecule has 2 aromatic heterocycles. The van der Waals surface area contributed by atoms with Crippen LogP contribution >= 0.6 is 0 Å². The van der Waals surface area contributed by atoms with Gasteiger partial charge in [-0.2, -0.15) is 10.1 Å². The number of aromatic nitrogens is 4. The highest BCUT2D eigenvalue weighted by atomic mass is 16.5. The van der Waals surface area contributed by atoms with Crippen LogP contribution in [0.4, 0.5) is 17.6 Å². The number of anilines is 3. The second-order valence-corrected chi connectivity index (χ2v) is 7.60. The lowest BCUT2D eigenvalue weighted by atomic mass is 9.91. The minimum atomic E-state index is 0.319. The number of nitrogens with zero attached hydrogens (tertiary/aromatic N) is 4. The zero-order valence-electron chi connectivity index (χ0n) is 15.9. The van der Waals surface area contributed by atoms with Crippen LogP contribution in [-0.2, 0) is 4.74 Å². The van der Waals surface area contributed by atoms with Gasteiger partial charge in [-0.3, -0.25) is 5.10 Å². The largest absolute Gasteiger partial charge is 0.383 e. The summed E-state index contributed by atoms with van der Waals surface area (Å²) in [5, 5.41) is 10.8. The van der Waals surface area contributed by atoms with Crippen molar-refractivity contribution in [3.8, 4) is 0 Å². The number of nitrogens with one attached hydrogen (secondary N) is 2. The van der Waals surface area contributed by atoms with Gasteiger partial charge in [0, 0.05) is 49.6 Å². The lowest BCUT2D eigenvalue weighted by Gasteiger charge is -2.36. The first-order valence-corrected chi connectivity index (χ1v) is 9.89. The van der Waals surface area contributed by atoms with Crippen molar-refractivity contribution < 1.29 is 4.74 Å². The first kappa shape index (κ1) is 18.2. The van der Waals surface area contributed by atoms with Gasteiger partial charge in [-0.05, 0) is 44.6 Å². The third kappa shape index (κ3) is 4.56. The maximum Gasteiger partial charge on any atom is 0.227 e. The number of aromatic amines is 1. The Bertz CT molecular complexity index is 737. The first-order chi connectivity index (χ1) is 13.2. The molecule has 4 N–H and O–H groups in total. The van der Waals surface area contributed by atoms with E-state index in [4.69, 9.17) is 15.5 Å². The van der Waals surface area contributed by atoms with Gasteiger partial charge in [0.1, 0.15) is 5.82 Å². The standard InChI is InChI=1S/C19H29N7O/c1-27-11-10-26(15-6-4-14(20)5-7-15)19-21-9-8-17(23-19)22-18-12-16(24-25-18)13-2-3-13/h8-9,12-15H,2-7,10-11,20H2,1H3,(H2,21,22,23,24,25). The van der Waals surface area contributed by atoms with Gasteiger partial charge in [0.05, 0.1) is 6.61 Å². The Kier molecular flexibility index (Phi) is 5.54. The molecular weight excluding hydrogens is 342 g/mol. The molecule has 2 aliphatic carbocycles. The summed E-state index contributed by atoms with van der Waals surface area (Å²) in [4.78, 5) is 11.5. The molecule has 0 atom stereocenters. The van der Waals surface area contributed by atoms with Gasteiger partial charge >= 0.3 is 0 Å². The predicted octanol–water partition coefficient (Wildman–Crippen LogP) is 2.54. The summed E-state index contributed by atoms with van der Waals surface area (Å²) in [6.07, 6.45) is 8.52. The highest BCUT2D eigenvalue weighted by Gasteiger charge is 2.27. The topological polar surface area (TPSA) is 105 Å². The number of methoxy groups -OCH3 is 1. The van der Waals surface area contributed by atoms with E-state index in [0.717, 1.165) is 49.8 Å². The van der Waals surface area contributed by atoms with E-state index in [1.807, 2.05) is 6.07 Å².